The molecule has 26 heavy (non-hydrogen) atoms. The molecule has 4 aliphatic carbocycles. The van der Waals surface area contributed by atoms with Crippen LogP contribution in [0, 0.1) is 40.4 Å². The first kappa shape index (κ1) is 18.8. The third-order valence-electron chi connectivity index (χ3n) is 9.78. The highest BCUT2D eigenvalue weighted by Crippen LogP contribution is 2.67. The van der Waals surface area contributed by atoms with Crippen molar-refractivity contribution in [3.63, 3.8) is 0 Å². The van der Waals surface area contributed by atoms with Gasteiger partial charge in [0.1, 0.15) is 0 Å². The zero-order valence-electron chi connectivity index (χ0n) is 16.8. The summed E-state index contributed by atoms with van der Waals surface area (Å²) in [4.78, 5) is 10.9. The average molecular weight is 363 g/mol. The summed E-state index contributed by atoms with van der Waals surface area (Å²) >= 11 is 0. The van der Waals surface area contributed by atoms with Crippen LogP contribution >= 0.6 is 0 Å². The first-order valence-electron chi connectivity index (χ1n) is 11.2. The topological polar surface area (TPSA) is 57.5 Å². The van der Waals surface area contributed by atoms with Crippen molar-refractivity contribution in [3.05, 3.63) is 0 Å². The molecule has 0 amide bonds. The summed E-state index contributed by atoms with van der Waals surface area (Å²) in [6.07, 6.45) is 13.6. The lowest BCUT2D eigenvalue weighted by Gasteiger charge is -2.61. The van der Waals surface area contributed by atoms with Gasteiger partial charge in [-0.3, -0.25) is 4.79 Å². The number of rotatable bonds is 4. The second kappa shape index (κ2) is 6.79. The van der Waals surface area contributed by atoms with E-state index in [9.17, 15) is 9.90 Å². The number of aliphatic carboxylic acids is 1. The number of fused-ring (bicyclic) bond motifs is 5. The molecule has 0 aromatic rings. The number of hydrogen-bond donors (Lipinski definition) is 2. The van der Waals surface area contributed by atoms with Crippen molar-refractivity contribution in [3.8, 4) is 0 Å². The van der Waals surface area contributed by atoms with Crippen molar-refractivity contribution in [2.45, 2.75) is 97.0 Å². The lowest BCUT2D eigenvalue weighted by Crippen LogP contribution is -2.53. The Labute approximate surface area is 158 Å². The van der Waals surface area contributed by atoms with Gasteiger partial charge in [0.2, 0.25) is 0 Å². The highest BCUT2D eigenvalue weighted by Gasteiger charge is 2.59. The molecule has 8 atom stereocenters. The Morgan fingerprint density at radius 2 is 1.69 bits per heavy atom. The van der Waals surface area contributed by atoms with Crippen molar-refractivity contribution < 1.29 is 15.0 Å². The van der Waals surface area contributed by atoms with E-state index >= 15 is 0 Å². The predicted molar refractivity (Wildman–Crippen MR) is 103 cm³/mol. The summed E-state index contributed by atoms with van der Waals surface area (Å²) in [5, 5.41) is 19.1. The number of carbonyl (C=O) groups is 1. The molecule has 4 aliphatic rings. The quantitative estimate of drug-likeness (QED) is 0.717. The molecule has 0 bridgehead atoms. The van der Waals surface area contributed by atoms with Crippen molar-refractivity contribution in [1.29, 1.82) is 0 Å². The van der Waals surface area contributed by atoms with Crippen molar-refractivity contribution in [2.75, 3.05) is 0 Å². The standard InChI is InChI=1S/C23H38O3/c1-22-13-11-20-18(8-6-16-14-17(24)10-12-23(16,20)2)19(22)9-7-15(22)4-3-5-21(25)26/h15-20,24H,3-14H2,1-2H3,(H,25,26)/t15?,16?,17-,18?,19?,20?,22-,23+/m1/s1. The van der Waals surface area contributed by atoms with Gasteiger partial charge in [0.25, 0.3) is 0 Å². The van der Waals surface area contributed by atoms with E-state index < -0.39 is 5.97 Å². The average Bonchev–Trinajstić information content (AvgIpc) is 2.92. The molecule has 3 nitrogen and oxygen atoms in total. The molecular weight excluding hydrogens is 324 g/mol. The lowest BCUT2D eigenvalue weighted by molar-refractivity contribution is -0.137. The van der Waals surface area contributed by atoms with Crippen LogP contribution in [0.5, 0.6) is 0 Å². The van der Waals surface area contributed by atoms with Gasteiger partial charge in [-0.2, -0.15) is 0 Å². The Balaban J connectivity index is 1.48. The lowest BCUT2D eigenvalue weighted by atomic mass is 9.44. The van der Waals surface area contributed by atoms with Gasteiger partial charge in [-0.05, 0) is 111 Å². The van der Waals surface area contributed by atoms with E-state index in [-0.39, 0.29) is 6.10 Å². The smallest absolute Gasteiger partial charge is 0.303 e. The zero-order valence-corrected chi connectivity index (χ0v) is 16.8. The molecule has 0 saturated heterocycles. The van der Waals surface area contributed by atoms with Crippen LogP contribution in [0.25, 0.3) is 0 Å². The minimum Gasteiger partial charge on any atom is -0.481 e. The summed E-state index contributed by atoms with van der Waals surface area (Å²) in [7, 11) is 0. The van der Waals surface area contributed by atoms with E-state index in [0.717, 1.165) is 55.3 Å². The van der Waals surface area contributed by atoms with Gasteiger partial charge in [-0.15, -0.1) is 0 Å². The molecule has 0 radical (unpaired) electrons. The van der Waals surface area contributed by atoms with Crippen LogP contribution in [0.1, 0.15) is 90.9 Å². The van der Waals surface area contributed by atoms with Gasteiger partial charge in [0, 0.05) is 6.42 Å². The minimum absolute atomic E-state index is 0.0522. The van der Waals surface area contributed by atoms with Gasteiger partial charge in [-0.25, -0.2) is 0 Å². The molecule has 148 valence electrons. The molecule has 0 aliphatic heterocycles. The predicted octanol–water partition coefficient (Wildman–Crippen LogP) is 5.26. The van der Waals surface area contributed by atoms with E-state index in [1.54, 1.807) is 0 Å². The number of aliphatic hydroxyl groups excluding tert-OH is 1. The monoisotopic (exact) mass is 362 g/mol. The van der Waals surface area contributed by atoms with Crippen molar-refractivity contribution in [2.24, 2.45) is 40.4 Å². The Hall–Kier alpha value is -0.570. The number of carboxylic acid groups (broad SMARTS) is 1. The first-order chi connectivity index (χ1) is 12.3. The molecule has 0 heterocycles. The molecule has 3 heteroatoms. The Morgan fingerprint density at radius 3 is 2.46 bits per heavy atom. The molecular formula is C23H38O3. The van der Waals surface area contributed by atoms with Crippen LogP contribution in [0.4, 0.5) is 0 Å². The maximum atomic E-state index is 10.9. The summed E-state index contributed by atoms with van der Waals surface area (Å²) < 4.78 is 0. The van der Waals surface area contributed by atoms with Crippen molar-refractivity contribution in [1.82, 2.24) is 0 Å². The highest BCUT2D eigenvalue weighted by atomic mass is 16.4. The fraction of sp³-hybridized carbons (Fsp3) is 0.957. The Morgan fingerprint density at radius 1 is 0.962 bits per heavy atom. The van der Waals surface area contributed by atoms with Crippen molar-refractivity contribution >= 4 is 5.97 Å². The highest BCUT2D eigenvalue weighted by molar-refractivity contribution is 5.66. The normalized spacial score (nSPS) is 50.6. The van der Waals surface area contributed by atoms with Gasteiger partial charge >= 0.3 is 5.97 Å². The summed E-state index contributed by atoms with van der Waals surface area (Å²) in [5.41, 5.74) is 0.919. The number of carboxylic acids is 1. The summed E-state index contributed by atoms with van der Waals surface area (Å²) in [6, 6.07) is 0. The maximum Gasteiger partial charge on any atom is 0.303 e. The SMILES string of the molecule is C[C@]12CC[C@@H](O)CC1CCC1C2CC[C@]2(C)C(CCCC(=O)O)CCC12. The molecule has 0 aromatic carbocycles. The van der Waals surface area contributed by atoms with Gasteiger partial charge in [-0.1, -0.05) is 13.8 Å². The molecule has 4 saturated carbocycles. The second-order valence-corrected chi connectivity index (χ2v) is 10.7. The summed E-state index contributed by atoms with van der Waals surface area (Å²) in [5.74, 6) is 3.45. The van der Waals surface area contributed by atoms with Crippen LogP contribution in [-0.2, 0) is 4.79 Å². The fourth-order valence-electron chi connectivity index (χ4n) is 8.32. The van der Waals surface area contributed by atoms with E-state index in [2.05, 4.69) is 13.8 Å². The largest absolute Gasteiger partial charge is 0.481 e. The van der Waals surface area contributed by atoms with Crippen LogP contribution in [0.2, 0.25) is 0 Å². The summed E-state index contributed by atoms with van der Waals surface area (Å²) in [6.45, 7) is 5.10. The Bertz CT molecular complexity index is 546. The second-order valence-electron chi connectivity index (χ2n) is 10.7. The number of aliphatic hydroxyl groups is 1. The van der Waals surface area contributed by atoms with Crippen LogP contribution in [0.15, 0.2) is 0 Å². The molecule has 4 fully saturated rings. The minimum atomic E-state index is -0.640. The molecule has 4 rings (SSSR count). The van der Waals surface area contributed by atoms with E-state index in [0.29, 0.717) is 17.3 Å². The van der Waals surface area contributed by atoms with E-state index in [4.69, 9.17) is 5.11 Å². The maximum absolute atomic E-state index is 10.9. The van der Waals surface area contributed by atoms with Crippen LogP contribution in [-0.4, -0.2) is 22.3 Å². The number of hydrogen-bond acceptors (Lipinski definition) is 2. The van der Waals surface area contributed by atoms with E-state index in [1.807, 2.05) is 0 Å². The third-order valence-corrected chi connectivity index (χ3v) is 9.78. The van der Waals surface area contributed by atoms with Crippen LogP contribution < -0.4 is 0 Å². The molecule has 0 spiro atoms. The fourth-order valence-corrected chi connectivity index (χ4v) is 8.32. The molecule has 0 aromatic heterocycles. The van der Waals surface area contributed by atoms with Crippen LogP contribution in [0.3, 0.4) is 0 Å². The van der Waals surface area contributed by atoms with E-state index in [1.165, 1.54) is 44.9 Å². The van der Waals surface area contributed by atoms with Gasteiger partial charge in [0.05, 0.1) is 6.10 Å². The molecule has 5 unspecified atom stereocenters. The molecule has 2 N–H and O–H groups in total. The van der Waals surface area contributed by atoms with Gasteiger partial charge in [0.15, 0.2) is 0 Å². The first-order valence-corrected chi connectivity index (χ1v) is 11.2. The van der Waals surface area contributed by atoms with Gasteiger partial charge < -0.3 is 10.2 Å². The third kappa shape index (κ3) is 2.93. The Kier molecular flexibility index (Phi) is 4.91. The zero-order chi connectivity index (χ0) is 18.5.